The highest BCUT2D eigenvalue weighted by Gasteiger charge is 2.29. The fraction of sp³-hybridized carbons (Fsp3) is 0.300. The molecule has 0 aliphatic carbocycles. The zero-order chi connectivity index (χ0) is 18.5. The zero-order valence-corrected chi connectivity index (χ0v) is 15.0. The zero-order valence-electron chi connectivity index (χ0n) is 15.0. The van der Waals surface area contributed by atoms with Gasteiger partial charge in [-0.3, -0.25) is 9.59 Å². The maximum absolute atomic E-state index is 12.4. The monoisotopic (exact) mass is 352 g/mol. The van der Waals surface area contributed by atoms with Crippen molar-refractivity contribution in [1.29, 1.82) is 0 Å². The molecule has 136 valence electrons. The van der Waals surface area contributed by atoms with Gasteiger partial charge in [0.2, 0.25) is 5.91 Å². The average molecular weight is 352 g/mol. The van der Waals surface area contributed by atoms with Gasteiger partial charge in [-0.05, 0) is 29.7 Å². The number of hydrazine groups is 1. The molecule has 1 heterocycles. The molecule has 26 heavy (non-hydrogen) atoms. The van der Waals surface area contributed by atoms with Crippen LogP contribution >= 0.6 is 0 Å². The summed E-state index contributed by atoms with van der Waals surface area (Å²) in [4.78, 5) is 25.8. The van der Waals surface area contributed by atoms with Gasteiger partial charge in [-0.1, -0.05) is 42.5 Å². The number of rotatable bonds is 5. The van der Waals surface area contributed by atoms with Gasteiger partial charge in [0.1, 0.15) is 6.04 Å². The highest BCUT2D eigenvalue weighted by molar-refractivity contribution is 5.93. The third-order valence-corrected chi connectivity index (χ3v) is 4.50. The van der Waals surface area contributed by atoms with Crippen LogP contribution in [0.1, 0.15) is 33.9 Å². The van der Waals surface area contributed by atoms with Crippen molar-refractivity contribution in [2.75, 3.05) is 14.1 Å². The van der Waals surface area contributed by atoms with Gasteiger partial charge in [-0.25, -0.2) is 10.9 Å². The molecule has 2 aromatic carbocycles. The molecule has 3 rings (SSSR count). The molecular weight excluding hydrogens is 328 g/mol. The van der Waals surface area contributed by atoms with Gasteiger partial charge in [0.25, 0.3) is 5.91 Å². The van der Waals surface area contributed by atoms with Crippen molar-refractivity contribution in [3.05, 3.63) is 71.3 Å². The van der Waals surface area contributed by atoms with E-state index in [1.807, 2.05) is 30.3 Å². The smallest absolute Gasteiger partial charge is 0.253 e. The quantitative estimate of drug-likeness (QED) is 0.764. The van der Waals surface area contributed by atoms with E-state index in [4.69, 9.17) is 0 Å². The molecule has 1 saturated heterocycles. The predicted octanol–water partition coefficient (Wildman–Crippen LogP) is 1.61. The third kappa shape index (κ3) is 4.28. The number of carbonyl (C=O) groups excluding carboxylic acids is 2. The van der Waals surface area contributed by atoms with Crippen LogP contribution < -0.4 is 16.2 Å². The molecule has 2 amide bonds. The van der Waals surface area contributed by atoms with Crippen LogP contribution in [0.3, 0.4) is 0 Å². The Morgan fingerprint density at radius 2 is 1.73 bits per heavy atom. The lowest BCUT2D eigenvalue weighted by Crippen LogP contribution is -2.42. The number of carbonyl (C=O) groups is 2. The van der Waals surface area contributed by atoms with Crippen molar-refractivity contribution in [3.63, 3.8) is 0 Å². The number of hydrogen-bond donors (Lipinski definition) is 3. The van der Waals surface area contributed by atoms with Crippen molar-refractivity contribution < 1.29 is 9.59 Å². The Kier molecular flexibility index (Phi) is 5.65. The minimum absolute atomic E-state index is 0.0335. The highest BCUT2D eigenvalue weighted by Crippen LogP contribution is 2.21. The first kappa shape index (κ1) is 18.1. The topological polar surface area (TPSA) is 73.5 Å². The van der Waals surface area contributed by atoms with Crippen LogP contribution in [0.15, 0.2) is 54.6 Å². The van der Waals surface area contributed by atoms with E-state index in [-0.39, 0.29) is 23.9 Å². The van der Waals surface area contributed by atoms with Crippen LogP contribution in [0.5, 0.6) is 0 Å². The molecule has 1 aliphatic rings. The Morgan fingerprint density at radius 1 is 1.04 bits per heavy atom. The predicted molar refractivity (Wildman–Crippen MR) is 100 cm³/mol. The Hall–Kier alpha value is -2.70. The second kappa shape index (κ2) is 8.12. The van der Waals surface area contributed by atoms with Crippen LogP contribution in [0.25, 0.3) is 0 Å². The van der Waals surface area contributed by atoms with Crippen molar-refractivity contribution in [1.82, 2.24) is 21.1 Å². The van der Waals surface area contributed by atoms with E-state index < -0.39 is 0 Å². The van der Waals surface area contributed by atoms with Crippen LogP contribution in [-0.2, 0) is 11.3 Å². The molecule has 0 spiro atoms. The summed E-state index contributed by atoms with van der Waals surface area (Å²) in [5.41, 5.74) is 9.00. The number of amides is 2. The summed E-state index contributed by atoms with van der Waals surface area (Å²) < 4.78 is 0. The molecule has 2 atom stereocenters. The van der Waals surface area contributed by atoms with Crippen molar-refractivity contribution in [2.24, 2.45) is 0 Å². The van der Waals surface area contributed by atoms with Gasteiger partial charge in [-0.15, -0.1) is 0 Å². The fourth-order valence-corrected chi connectivity index (χ4v) is 2.97. The summed E-state index contributed by atoms with van der Waals surface area (Å²) in [6.07, 6.45) is 0.701. The van der Waals surface area contributed by atoms with Gasteiger partial charge in [0, 0.05) is 32.2 Å². The minimum Gasteiger partial charge on any atom is -0.351 e. The standard InChI is InChI=1S/C20H24N4O2/c1-24(2)20(26)16-10-8-14(9-11-16)13-21-19(25)18-12-17(22-23-18)15-6-4-3-5-7-15/h3-11,17-18,22-23H,12-13H2,1-2H3,(H,21,25). The Balaban J connectivity index is 1.51. The van der Waals surface area contributed by atoms with Crippen LogP contribution in [-0.4, -0.2) is 36.9 Å². The van der Waals surface area contributed by atoms with Gasteiger partial charge in [0.05, 0.1) is 0 Å². The molecule has 2 unspecified atom stereocenters. The molecule has 1 fully saturated rings. The lowest BCUT2D eigenvalue weighted by atomic mass is 10.0. The van der Waals surface area contributed by atoms with Crippen molar-refractivity contribution >= 4 is 11.8 Å². The van der Waals surface area contributed by atoms with Crippen LogP contribution in [0.2, 0.25) is 0 Å². The molecule has 0 aromatic heterocycles. The number of benzene rings is 2. The Labute approximate surface area is 153 Å². The van der Waals surface area contributed by atoms with E-state index in [0.29, 0.717) is 18.5 Å². The summed E-state index contributed by atoms with van der Waals surface area (Å²) in [5, 5.41) is 2.95. The van der Waals surface area contributed by atoms with Gasteiger partial charge in [-0.2, -0.15) is 0 Å². The summed E-state index contributed by atoms with van der Waals surface area (Å²) in [6, 6.07) is 17.2. The maximum atomic E-state index is 12.4. The minimum atomic E-state index is -0.269. The molecule has 6 heteroatoms. The molecule has 0 saturated carbocycles. The SMILES string of the molecule is CN(C)C(=O)c1ccc(CNC(=O)C2CC(c3ccccc3)NN2)cc1. The Bertz CT molecular complexity index is 759. The summed E-state index contributed by atoms with van der Waals surface area (Å²) in [7, 11) is 3.45. The van der Waals surface area contributed by atoms with E-state index in [1.165, 1.54) is 0 Å². The summed E-state index contributed by atoms with van der Waals surface area (Å²) >= 11 is 0. The first-order valence-electron chi connectivity index (χ1n) is 8.69. The van der Waals surface area contributed by atoms with E-state index in [1.54, 1.807) is 31.1 Å². The van der Waals surface area contributed by atoms with E-state index >= 15 is 0 Å². The number of hydrogen-bond acceptors (Lipinski definition) is 4. The average Bonchev–Trinajstić information content (AvgIpc) is 3.17. The van der Waals surface area contributed by atoms with E-state index in [2.05, 4.69) is 28.3 Å². The summed E-state index contributed by atoms with van der Waals surface area (Å²) in [5.74, 6) is -0.0712. The molecule has 0 bridgehead atoms. The number of nitrogens with zero attached hydrogens (tertiary/aromatic N) is 1. The molecule has 2 aromatic rings. The molecule has 3 N–H and O–H groups in total. The molecule has 0 radical (unpaired) electrons. The highest BCUT2D eigenvalue weighted by atomic mass is 16.2. The van der Waals surface area contributed by atoms with Gasteiger partial charge < -0.3 is 10.2 Å². The molecule has 1 aliphatic heterocycles. The summed E-state index contributed by atoms with van der Waals surface area (Å²) in [6.45, 7) is 0.434. The fourth-order valence-electron chi connectivity index (χ4n) is 2.97. The largest absolute Gasteiger partial charge is 0.351 e. The number of nitrogens with one attached hydrogen (secondary N) is 3. The van der Waals surface area contributed by atoms with Crippen molar-refractivity contribution in [2.45, 2.75) is 25.0 Å². The van der Waals surface area contributed by atoms with Crippen LogP contribution in [0.4, 0.5) is 0 Å². The second-order valence-electron chi connectivity index (χ2n) is 6.65. The lowest BCUT2D eigenvalue weighted by molar-refractivity contribution is -0.123. The lowest BCUT2D eigenvalue weighted by Gasteiger charge is -2.12. The maximum Gasteiger partial charge on any atom is 0.253 e. The van der Waals surface area contributed by atoms with Crippen LogP contribution in [0, 0.1) is 0 Å². The van der Waals surface area contributed by atoms with Crippen molar-refractivity contribution in [3.8, 4) is 0 Å². The Morgan fingerprint density at radius 3 is 2.38 bits per heavy atom. The first-order chi connectivity index (χ1) is 12.5. The molecular formula is C20H24N4O2. The van der Waals surface area contributed by atoms with E-state index in [0.717, 1.165) is 11.1 Å². The second-order valence-corrected chi connectivity index (χ2v) is 6.65. The van der Waals surface area contributed by atoms with E-state index in [9.17, 15) is 9.59 Å². The normalized spacial score (nSPS) is 19.2. The third-order valence-electron chi connectivity index (χ3n) is 4.50. The van der Waals surface area contributed by atoms with Gasteiger partial charge >= 0.3 is 0 Å². The first-order valence-corrected chi connectivity index (χ1v) is 8.69. The molecule has 6 nitrogen and oxygen atoms in total. The van der Waals surface area contributed by atoms with Gasteiger partial charge in [0.15, 0.2) is 0 Å².